The lowest BCUT2D eigenvalue weighted by atomic mass is 10.1. The summed E-state index contributed by atoms with van der Waals surface area (Å²) in [5.41, 5.74) is 2.67. The highest BCUT2D eigenvalue weighted by Crippen LogP contribution is 2.28. The lowest BCUT2D eigenvalue weighted by Crippen LogP contribution is -2.43. The van der Waals surface area contributed by atoms with E-state index < -0.39 is 0 Å². The molecule has 0 bridgehead atoms. The normalized spacial score (nSPS) is 19.0. The van der Waals surface area contributed by atoms with Crippen LogP contribution in [0.2, 0.25) is 0 Å². The number of piperazine rings is 1. The number of ether oxygens (including phenoxy) is 1. The van der Waals surface area contributed by atoms with Crippen LogP contribution in [0, 0.1) is 5.92 Å². The van der Waals surface area contributed by atoms with Crippen LogP contribution in [-0.2, 0) is 17.8 Å². The molecule has 3 rings (SSSR count). The minimum absolute atomic E-state index is 0.759. The van der Waals surface area contributed by atoms with Crippen molar-refractivity contribution in [3.05, 3.63) is 35.4 Å². The van der Waals surface area contributed by atoms with E-state index in [1.165, 1.54) is 37.1 Å². The largest absolute Gasteiger partial charge is 0.379 e. The minimum Gasteiger partial charge on any atom is -0.379 e. The topological polar surface area (TPSA) is 43.3 Å². The highest BCUT2D eigenvalue weighted by atomic mass is 16.5. The molecule has 2 fully saturated rings. The van der Waals surface area contributed by atoms with Gasteiger partial charge in [-0.05, 0) is 36.9 Å². The first-order valence-electron chi connectivity index (χ1n) is 10.6. The van der Waals surface area contributed by atoms with E-state index in [4.69, 9.17) is 4.74 Å². The number of benzene rings is 1. The summed E-state index contributed by atoms with van der Waals surface area (Å²) in [5, 5.41) is 3.46. The van der Waals surface area contributed by atoms with E-state index in [0.717, 1.165) is 57.8 Å². The summed E-state index contributed by atoms with van der Waals surface area (Å²) < 4.78 is 5.74. The lowest BCUT2D eigenvalue weighted by Gasteiger charge is -2.32. The van der Waals surface area contributed by atoms with Crippen molar-refractivity contribution in [3.8, 4) is 0 Å². The van der Waals surface area contributed by atoms with Crippen LogP contribution >= 0.6 is 0 Å². The van der Waals surface area contributed by atoms with Crippen LogP contribution in [0.5, 0.6) is 0 Å². The molecule has 2 aliphatic rings. The highest BCUT2D eigenvalue weighted by molar-refractivity contribution is 5.79. The van der Waals surface area contributed by atoms with E-state index in [1.54, 1.807) is 0 Å². The van der Waals surface area contributed by atoms with Gasteiger partial charge < -0.3 is 19.9 Å². The fourth-order valence-corrected chi connectivity index (χ4v) is 3.43. The first-order valence-corrected chi connectivity index (χ1v) is 10.6. The van der Waals surface area contributed by atoms with Gasteiger partial charge in [-0.15, -0.1) is 0 Å². The molecule has 0 amide bonds. The third kappa shape index (κ3) is 7.08. The second-order valence-corrected chi connectivity index (χ2v) is 8.24. The molecule has 6 heteroatoms. The third-order valence-corrected chi connectivity index (χ3v) is 5.67. The summed E-state index contributed by atoms with van der Waals surface area (Å²) >= 11 is 0. The Bertz CT molecular complexity index is 606. The summed E-state index contributed by atoms with van der Waals surface area (Å²) in [5.74, 6) is 1.73. The fraction of sp³-hybridized carbons (Fsp3) is 0.682. The van der Waals surface area contributed by atoms with Crippen LogP contribution in [0.1, 0.15) is 24.0 Å². The maximum absolute atomic E-state index is 5.74. The molecule has 1 aliphatic heterocycles. The molecular weight excluding hydrogens is 350 g/mol. The summed E-state index contributed by atoms with van der Waals surface area (Å²) in [7, 11) is 6.10. The summed E-state index contributed by atoms with van der Waals surface area (Å²) in [4.78, 5) is 11.5. The van der Waals surface area contributed by atoms with E-state index >= 15 is 0 Å². The van der Waals surface area contributed by atoms with Crippen LogP contribution < -0.4 is 5.32 Å². The van der Waals surface area contributed by atoms with Crippen LogP contribution in [-0.4, -0.2) is 87.7 Å². The zero-order valence-electron chi connectivity index (χ0n) is 17.9. The van der Waals surface area contributed by atoms with Gasteiger partial charge in [0.15, 0.2) is 5.96 Å². The molecule has 0 aromatic heterocycles. The van der Waals surface area contributed by atoms with Gasteiger partial charge in [0.1, 0.15) is 0 Å². The molecule has 28 heavy (non-hydrogen) atoms. The second kappa shape index (κ2) is 10.8. The minimum atomic E-state index is 0.759. The molecule has 6 nitrogen and oxygen atoms in total. The van der Waals surface area contributed by atoms with E-state index in [1.807, 2.05) is 7.05 Å². The zero-order valence-corrected chi connectivity index (χ0v) is 17.9. The Morgan fingerprint density at radius 3 is 2.46 bits per heavy atom. The maximum atomic E-state index is 5.74. The monoisotopic (exact) mass is 387 g/mol. The van der Waals surface area contributed by atoms with Gasteiger partial charge in [0.25, 0.3) is 0 Å². The van der Waals surface area contributed by atoms with E-state index in [2.05, 4.69) is 63.4 Å². The van der Waals surface area contributed by atoms with E-state index in [-0.39, 0.29) is 0 Å². The van der Waals surface area contributed by atoms with Crippen molar-refractivity contribution in [1.82, 2.24) is 20.0 Å². The second-order valence-electron chi connectivity index (χ2n) is 8.24. The quantitative estimate of drug-likeness (QED) is 0.398. The molecular formula is C22H37N5O. The molecule has 156 valence electrons. The van der Waals surface area contributed by atoms with Gasteiger partial charge in [0.2, 0.25) is 0 Å². The maximum Gasteiger partial charge on any atom is 0.193 e. The summed E-state index contributed by atoms with van der Waals surface area (Å²) in [6.45, 7) is 9.02. The predicted octanol–water partition coefficient (Wildman–Crippen LogP) is 1.87. The molecule has 1 N–H and O–H groups in total. The molecule has 1 aliphatic carbocycles. The van der Waals surface area contributed by atoms with Crippen molar-refractivity contribution in [2.45, 2.75) is 25.9 Å². The molecule has 0 radical (unpaired) electrons. The van der Waals surface area contributed by atoms with Crippen LogP contribution in [0.25, 0.3) is 0 Å². The zero-order chi connectivity index (χ0) is 19.8. The van der Waals surface area contributed by atoms with Crippen molar-refractivity contribution in [2.75, 3.05) is 67.1 Å². The Morgan fingerprint density at radius 2 is 1.82 bits per heavy atom. The number of nitrogens with one attached hydrogen (secondary N) is 1. The number of guanidine groups is 1. The number of aliphatic imine (C=N–C) groups is 1. The SMILES string of the molecule is CN=C(NCc1ccc(CN2CCN(C)CC2)cc1)N(C)CCOCC1CC1. The van der Waals surface area contributed by atoms with Crippen molar-refractivity contribution in [3.63, 3.8) is 0 Å². The van der Waals surface area contributed by atoms with Crippen molar-refractivity contribution in [2.24, 2.45) is 10.9 Å². The van der Waals surface area contributed by atoms with Crippen molar-refractivity contribution < 1.29 is 4.74 Å². The van der Waals surface area contributed by atoms with E-state index in [9.17, 15) is 0 Å². The van der Waals surface area contributed by atoms with Crippen LogP contribution in [0.4, 0.5) is 0 Å². The molecule has 1 aromatic carbocycles. The molecule has 1 heterocycles. The standard InChI is InChI=1S/C22H37N5O/c1-23-22(26(3)14-15-28-18-21-8-9-21)24-16-19-4-6-20(7-5-19)17-27-12-10-25(2)11-13-27/h4-7,21H,8-18H2,1-3H3,(H,23,24). The van der Waals surface area contributed by atoms with Gasteiger partial charge in [-0.3, -0.25) is 9.89 Å². The Morgan fingerprint density at radius 1 is 1.14 bits per heavy atom. The average molecular weight is 388 g/mol. The molecule has 1 aromatic rings. The van der Waals surface area contributed by atoms with Gasteiger partial charge in [0.05, 0.1) is 6.61 Å². The highest BCUT2D eigenvalue weighted by Gasteiger charge is 2.21. The van der Waals surface area contributed by atoms with Gasteiger partial charge in [-0.2, -0.15) is 0 Å². The predicted molar refractivity (Wildman–Crippen MR) is 116 cm³/mol. The van der Waals surface area contributed by atoms with Gasteiger partial charge >= 0.3 is 0 Å². The Balaban J connectivity index is 1.37. The Labute approximate surface area is 170 Å². The first-order chi connectivity index (χ1) is 13.6. The molecule has 1 saturated heterocycles. The summed E-state index contributed by atoms with van der Waals surface area (Å²) in [6, 6.07) is 8.97. The van der Waals surface area contributed by atoms with Crippen molar-refractivity contribution in [1.29, 1.82) is 0 Å². The smallest absolute Gasteiger partial charge is 0.193 e. The lowest BCUT2D eigenvalue weighted by molar-refractivity contribution is 0.115. The summed E-state index contributed by atoms with van der Waals surface area (Å²) in [6.07, 6.45) is 2.68. The Hall–Kier alpha value is -1.63. The van der Waals surface area contributed by atoms with Crippen molar-refractivity contribution >= 4 is 5.96 Å². The first kappa shape index (κ1) is 21.1. The fourth-order valence-electron chi connectivity index (χ4n) is 3.43. The molecule has 1 saturated carbocycles. The Kier molecular flexibility index (Phi) is 8.13. The number of hydrogen-bond donors (Lipinski definition) is 1. The van der Waals surface area contributed by atoms with Crippen LogP contribution in [0.3, 0.4) is 0 Å². The molecule has 0 atom stereocenters. The van der Waals surface area contributed by atoms with Gasteiger partial charge in [0, 0.05) is 66.5 Å². The number of likely N-dealkylation sites (N-methyl/N-ethyl adjacent to an activating group) is 2. The third-order valence-electron chi connectivity index (χ3n) is 5.67. The average Bonchev–Trinajstić information content (AvgIpc) is 3.53. The molecule has 0 spiro atoms. The number of nitrogens with zero attached hydrogens (tertiary/aromatic N) is 4. The molecule has 0 unspecified atom stereocenters. The van der Waals surface area contributed by atoms with Gasteiger partial charge in [-0.25, -0.2) is 0 Å². The van der Waals surface area contributed by atoms with Gasteiger partial charge in [-0.1, -0.05) is 24.3 Å². The number of hydrogen-bond acceptors (Lipinski definition) is 4. The number of rotatable bonds is 9. The van der Waals surface area contributed by atoms with Crippen LogP contribution in [0.15, 0.2) is 29.3 Å². The van der Waals surface area contributed by atoms with E-state index in [0.29, 0.717) is 0 Å².